The Bertz CT molecular complexity index is 169. The third-order valence-electron chi connectivity index (χ3n) is 1.64. The lowest BCUT2D eigenvalue weighted by Gasteiger charge is -2.23. The van der Waals surface area contributed by atoms with Crippen LogP contribution in [0.3, 0.4) is 0 Å². The molecule has 1 unspecified atom stereocenters. The first-order valence-corrected chi connectivity index (χ1v) is 3.65. The van der Waals surface area contributed by atoms with Crippen molar-refractivity contribution < 1.29 is 17.7 Å². The highest BCUT2D eigenvalue weighted by Gasteiger charge is 2.32. The second-order valence-corrected chi connectivity index (χ2v) is 3.09. The molecule has 0 aliphatic heterocycles. The Morgan fingerprint density at radius 3 is 2.08 bits per heavy atom. The lowest BCUT2D eigenvalue weighted by molar-refractivity contribution is -0.128. The minimum atomic E-state index is -4.88. The molecule has 1 atom stereocenters. The summed E-state index contributed by atoms with van der Waals surface area (Å²) < 4.78 is 35.9. The van der Waals surface area contributed by atoms with E-state index in [4.69, 9.17) is 0 Å². The van der Waals surface area contributed by atoms with Crippen molar-refractivity contribution in [2.24, 2.45) is 0 Å². The first kappa shape index (κ1) is 11.3. The van der Waals surface area contributed by atoms with Crippen LogP contribution in [0.1, 0.15) is 13.3 Å². The number of carbonyl (C=O) groups excluding carboxylic acids is 1. The quantitative estimate of drug-likeness (QED) is 0.608. The molecule has 0 saturated carbocycles. The van der Waals surface area contributed by atoms with Gasteiger partial charge >= 0.3 is 6.98 Å². The molecule has 0 aromatic carbocycles. The van der Waals surface area contributed by atoms with Gasteiger partial charge in [0.05, 0.1) is 0 Å². The van der Waals surface area contributed by atoms with Crippen molar-refractivity contribution in [3.05, 3.63) is 0 Å². The number of rotatable bonds is 3. The third-order valence-corrected chi connectivity index (χ3v) is 1.64. The van der Waals surface area contributed by atoms with E-state index in [2.05, 4.69) is 0 Å². The van der Waals surface area contributed by atoms with Gasteiger partial charge in [0.2, 0.25) is 5.91 Å². The van der Waals surface area contributed by atoms with Gasteiger partial charge in [0, 0.05) is 20.5 Å². The molecule has 0 aliphatic carbocycles. The van der Waals surface area contributed by atoms with Crippen LogP contribution < -0.4 is 0 Å². The Balaban J connectivity index is 4.02. The third kappa shape index (κ3) is 3.64. The maximum atomic E-state index is 12.0. The molecule has 0 aromatic rings. The monoisotopic (exact) mass is 182 g/mol. The van der Waals surface area contributed by atoms with Crippen LogP contribution in [0, 0.1) is 0 Å². The van der Waals surface area contributed by atoms with Gasteiger partial charge in [-0.2, -0.15) is 0 Å². The van der Waals surface area contributed by atoms with Crippen molar-refractivity contribution in [2.45, 2.75) is 19.2 Å². The molecule has 72 valence electrons. The van der Waals surface area contributed by atoms with Crippen LogP contribution in [0.5, 0.6) is 0 Å². The normalized spacial score (nSPS) is 14.2. The Morgan fingerprint density at radius 1 is 1.42 bits per heavy atom. The van der Waals surface area contributed by atoms with Gasteiger partial charge in [0.15, 0.2) is 0 Å². The highest BCUT2D eigenvalue weighted by Crippen LogP contribution is 2.28. The van der Waals surface area contributed by atoms with Gasteiger partial charge in [0.25, 0.3) is 0 Å². The van der Waals surface area contributed by atoms with Gasteiger partial charge in [-0.05, 0) is 0 Å². The lowest BCUT2D eigenvalue weighted by Crippen LogP contribution is -2.29. The van der Waals surface area contributed by atoms with Crippen molar-refractivity contribution >= 4 is 12.9 Å². The predicted molar refractivity (Wildman–Crippen MR) is 41.8 cm³/mol. The molecule has 0 spiro atoms. The number of nitrogens with zero attached hydrogens (tertiary/aromatic N) is 1. The summed E-state index contributed by atoms with van der Waals surface area (Å²) >= 11 is 0. The molecule has 0 rings (SSSR count). The predicted octanol–water partition coefficient (Wildman–Crippen LogP) is 1.70. The van der Waals surface area contributed by atoms with Crippen LogP contribution in [0.4, 0.5) is 12.9 Å². The molecule has 0 bridgehead atoms. The summed E-state index contributed by atoms with van der Waals surface area (Å²) in [5.74, 6) is -1.98. The van der Waals surface area contributed by atoms with Crippen molar-refractivity contribution in [2.75, 3.05) is 14.1 Å². The average Bonchev–Trinajstić information content (AvgIpc) is 1.85. The molecule has 2 nitrogen and oxygen atoms in total. The van der Waals surface area contributed by atoms with Crippen LogP contribution in [-0.2, 0) is 4.79 Å². The van der Waals surface area contributed by atoms with Crippen LogP contribution >= 0.6 is 0 Å². The summed E-state index contributed by atoms with van der Waals surface area (Å²) in [6, 6.07) is 0. The summed E-state index contributed by atoms with van der Waals surface area (Å²) in [4.78, 5) is 12.0. The standard InChI is InChI=1S/C6H12BF3NO/c1-5(7(8,9)10)4-6(12)11(2)3/h5H,4H2,1-3H3/q-1. The number of hydrogen-bond acceptors (Lipinski definition) is 1. The average molecular weight is 182 g/mol. The second-order valence-electron chi connectivity index (χ2n) is 3.09. The summed E-state index contributed by atoms with van der Waals surface area (Å²) in [7, 11) is 2.89. The van der Waals surface area contributed by atoms with Gasteiger partial charge < -0.3 is 17.8 Å². The van der Waals surface area contributed by atoms with Gasteiger partial charge in [-0.3, -0.25) is 4.79 Å². The van der Waals surface area contributed by atoms with Crippen molar-refractivity contribution in [1.82, 2.24) is 4.90 Å². The highest BCUT2D eigenvalue weighted by atomic mass is 19.4. The number of hydrogen-bond donors (Lipinski definition) is 0. The van der Waals surface area contributed by atoms with Crippen molar-refractivity contribution in [3.8, 4) is 0 Å². The summed E-state index contributed by atoms with van der Waals surface area (Å²) in [5.41, 5.74) is 0. The molecular weight excluding hydrogens is 170 g/mol. The van der Waals surface area contributed by atoms with E-state index in [1.165, 1.54) is 19.0 Å². The smallest absolute Gasteiger partial charge is 0.449 e. The van der Waals surface area contributed by atoms with E-state index in [0.717, 1.165) is 6.92 Å². The van der Waals surface area contributed by atoms with E-state index in [0.29, 0.717) is 0 Å². The Labute approximate surface area is 69.8 Å². The Hall–Kier alpha value is -0.675. The van der Waals surface area contributed by atoms with Gasteiger partial charge in [-0.15, -0.1) is 0 Å². The minimum absolute atomic E-state index is 0.448. The molecule has 0 fully saturated rings. The maximum Gasteiger partial charge on any atom is 0.481 e. The minimum Gasteiger partial charge on any atom is -0.449 e. The molecule has 6 heteroatoms. The van der Waals surface area contributed by atoms with Gasteiger partial charge in [-0.25, -0.2) is 0 Å². The van der Waals surface area contributed by atoms with Crippen LogP contribution in [0.2, 0.25) is 5.82 Å². The molecule has 0 aromatic heterocycles. The Morgan fingerprint density at radius 2 is 1.83 bits per heavy atom. The van der Waals surface area contributed by atoms with Crippen LogP contribution in [0.15, 0.2) is 0 Å². The van der Waals surface area contributed by atoms with E-state index in [1.807, 2.05) is 0 Å². The van der Waals surface area contributed by atoms with E-state index in [9.17, 15) is 17.7 Å². The largest absolute Gasteiger partial charge is 0.481 e. The van der Waals surface area contributed by atoms with Crippen LogP contribution in [-0.4, -0.2) is 31.9 Å². The van der Waals surface area contributed by atoms with Gasteiger partial charge in [0.1, 0.15) is 0 Å². The van der Waals surface area contributed by atoms with Crippen molar-refractivity contribution in [3.63, 3.8) is 0 Å². The fourth-order valence-electron chi connectivity index (χ4n) is 0.592. The van der Waals surface area contributed by atoms with E-state index >= 15 is 0 Å². The summed E-state index contributed by atoms with van der Waals surface area (Å²) in [5, 5.41) is 0. The number of amides is 1. The fraction of sp³-hybridized carbons (Fsp3) is 0.833. The Kier molecular flexibility index (Phi) is 3.61. The first-order valence-electron chi connectivity index (χ1n) is 3.65. The molecular formula is C6H12BF3NO-. The zero-order valence-corrected chi connectivity index (χ0v) is 7.35. The second kappa shape index (κ2) is 3.82. The molecule has 12 heavy (non-hydrogen) atoms. The molecule has 0 radical (unpaired) electrons. The summed E-state index contributed by atoms with van der Waals surface area (Å²) in [6.07, 6.45) is -0.448. The number of carbonyl (C=O) groups is 1. The lowest BCUT2D eigenvalue weighted by atomic mass is 9.72. The first-order chi connectivity index (χ1) is 5.25. The molecule has 0 heterocycles. The molecule has 0 aliphatic rings. The fourth-order valence-corrected chi connectivity index (χ4v) is 0.592. The zero-order valence-electron chi connectivity index (χ0n) is 7.35. The molecule has 0 saturated heterocycles. The zero-order chi connectivity index (χ0) is 9.94. The topological polar surface area (TPSA) is 20.3 Å². The highest BCUT2D eigenvalue weighted by molar-refractivity contribution is 6.60. The van der Waals surface area contributed by atoms with Crippen LogP contribution in [0.25, 0.3) is 0 Å². The van der Waals surface area contributed by atoms with Gasteiger partial charge in [-0.1, -0.05) is 12.7 Å². The van der Waals surface area contributed by atoms with E-state index < -0.39 is 25.1 Å². The summed E-state index contributed by atoms with van der Waals surface area (Å²) in [6.45, 7) is -3.85. The van der Waals surface area contributed by atoms with Crippen molar-refractivity contribution in [1.29, 1.82) is 0 Å². The van der Waals surface area contributed by atoms with E-state index in [1.54, 1.807) is 0 Å². The molecule has 1 amide bonds. The molecule has 0 N–H and O–H groups in total. The maximum absolute atomic E-state index is 12.0. The number of halogens is 3. The van der Waals surface area contributed by atoms with E-state index in [-0.39, 0.29) is 0 Å². The SMILES string of the molecule is CC(CC(=O)N(C)C)[B-](F)(F)F.